The second-order valence-corrected chi connectivity index (χ2v) is 3.01. The second kappa shape index (κ2) is 6.14. The molecular weight excluding hydrogens is 136 g/mol. The highest BCUT2D eigenvalue weighted by atomic mass is 16.1. The maximum atomic E-state index is 11.0. The molecule has 0 N–H and O–H groups in total. The van der Waals surface area contributed by atoms with Crippen LogP contribution < -0.4 is 0 Å². The van der Waals surface area contributed by atoms with Gasteiger partial charge in [-0.25, -0.2) is 0 Å². The van der Waals surface area contributed by atoms with Gasteiger partial charge in [0.05, 0.1) is 0 Å². The molecule has 0 unspecified atom stereocenters. The number of hydrogen-bond acceptors (Lipinski definition) is 1. The Kier molecular flexibility index (Phi) is 5.81. The van der Waals surface area contributed by atoms with Crippen molar-refractivity contribution in [2.24, 2.45) is 0 Å². The second-order valence-electron chi connectivity index (χ2n) is 3.01. The van der Waals surface area contributed by atoms with Gasteiger partial charge in [-0.2, -0.15) is 0 Å². The smallest absolute Gasteiger partial charge is 0.157 e. The molecule has 0 fully saturated rings. The average Bonchev–Trinajstić information content (AvgIpc) is 1.97. The third kappa shape index (κ3) is 5.84. The van der Waals surface area contributed by atoms with E-state index in [0.717, 1.165) is 6.42 Å². The average molecular weight is 154 g/mol. The molecule has 11 heavy (non-hydrogen) atoms. The van der Waals surface area contributed by atoms with E-state index in [1.807, 2.05) is 0 Å². The van der Waals surface area contributed by atoms with Crippen LogP contribution in [-0.4, -0.2) is 5.78 Å². The van der Waals surface area contributed by atoms with Crippen molar-refractivity contribution in [1.29, 1.82) is 0 Å². The fraction of sp³-hybridized carbons (Fsp3) is 0.700. The number of ketones is 1. The summed E-state index contributed by atoms with van der Waals surface area (Å²) in [6.07, 6.45) is 5.36. The Bertz CT molecular complexity index is 136. The van der Waals surface area contributed by atoms with E-state index in [1.165, 1.54) is 19.3 Å². The molecule has 0 bridgehead atoms. The summed E-state index contributed by atoms with van der Waals surface area (Å²) in [5, 5.41) is 0. The van der Waals surface area contributed by atoms with Gasteiger partial charge in [-0.05, 0) is 18.9 Å². The van der Waals surface area contributed by atoms with Crippen molar-refractivity contribution in [2.75, 3.05) is 0 Å². The number of carbonyl (C=O) groups is 1. The van der Waals surface area contributed by atoms with Gasteiger partial charge in [0.25, 0.3) is 0 Å². The standard InChI is InChI=1S/C10H18O/c1-4-5-6-7-8-10(11)9(2)3/h2,4-8H2,1,3H3. The molecule has 0 aromatic heterocycles. The molecule has 0 aliphatic heterocycles. The van der Waals surface area contributed by atoms with Crippen LogP contribution in [0.4, 0.5) is 0 Å². The van der Waals surface area contributed by atoms with E-state index in [-0.39, 0.29) is 5.78 Å². The van der Waals surface area contributed by atoms with Gasteiger partial charge in [0.2, 0.25) is 0 Å². The van der Waals surface area contributed by atoms with Crippen molar-refractivity contribution < 1.29 is 4.79 Å². The van der Waals surface area contributed by atoms with Crippen molar-refractivity contribution >= 4 is 5.78 Å². The molecule has 0 spiro atoms. The molecule has 0 atom stereocenters. The highest BCUT2D eigenvalue weighted by Gasteiger charge is 2.00. The molecule has 0 saturated carbocycles. The van der Waals surface area contributed by atoms with Gasteiger partial charge in [0.1, 0.15) is 0 Å². The van der Waals surface area contributed by atoms with Crippen LogP contribution in [0.2, 0.25) is 0 Å². The molecule has 0 heterocycles. The molecule has 1 nitrogen and oxygen atoms in total. The van der Waals surface area contributed by atoms with Gasteiger partial charge in [-0.15, -0.1) is 0 Å². The lowest BCUT2D eigenvalue weighted by Gasteiger charge is -1.98. The zero-order valence-corrected chi connectivity index (χ0v) is 7.65. The maximum Gasteiger partial charge on any atom is 0.157 e. The van der Waals surface area contributed by atoms with Crippen LogP contribution in [0.25, 0.3) is 0 Å². The zero-order valence-electron chi connectivity index (χ0n) is 7.65. The van der Waals surface area contributed by atoms with Gasteiger partial charge in [0, 0.05) is 6.42 Å². The molecule has 1 heteroatoms. The summed E-state index contributed by atoms with van der Waals surface area (Å²) >= 11 is 0. The van der Waals surface area contributed by atoms with E-state index in [9.17, 15) is 4.79 Å². The molecule has 0 rings (SSSR count). The van der Waals surface area contributed by atoms with E-state index < -0.39 is 0 Å². The lowest BCUT2D eigenvalue weighted by Crippen LogP contribution is -1.97. The molecule has 0 aliphatic rings. The van der Waals surface area contributed by atoms with Crippen molar-refractivity contribution in [3.05, 3.63) is 12.2 Å². The highest BCUT2D eigenvalue weighted by Crippen LogP contribution is 2.05. The Morgan fingerprint density at radius 3 is 2.36 bits per heavy atom. The Balaban J connectivity index is 3.25. The van der Waals surface area contributed by atoms with Crippen LogP contribution in [0.1, 0.15) is 46.0 Å². The number of Topliss-reactive ketones (excluding diaryl/α,β-unsaturated/α-hetero) is 1. The van der Waals surface area contributed by atoms with E-state index >= 15 is 0 Å². The molecule has 0 aromatic carbocycles. The molecule has 64 valence electrons. The van der Waals surface area contributed by atoms with Gasteiger partial charge < -0.3 is 0 Å². The first-order chi connectivity index (χ1) is 5.18. The van der Waals surface area contributed by atoms with Crippen LogP contribution in [-0.2, 0) is 4.79 Å². The first-order valence-corrected chi connectivity index (χ1v) is 4.37. The lowest BCUT2D eigenvalue weighted by molar-refractivity contribution is -0.115. The number of unbranched alkanes of at least 4 members (excludes halogenated alkanes) is 3. The van der Waals surface area contributed by atoms with Crippen LogP contribution in [0, 0.1) is 0 Å². The quantitative estimate of drug-likeness (QED) is 0.424. The van der Waals surface area contributed by atoms with Gasteiger partial charge >= 0.3 is 0 Å². The number of rotatable bonds is 6. The summed E-state index contributed by atoms with van der Waals surface area (Å²) in [7, 11) is 0. The van der Waals surface area contributed by atoms with Crippen LogP contribution in [0.15, 0.2) is 12.2 Å². The van der Waals surface area contributed by atoms with Gasteiger partial charge in [-0.1, -0.05) is 32.8 Å². The molecule has 0 saturated heterocycles. The molecule has 0 amide bonds. The van der Waals surface area contributed by atoms with E-state index in [2.05, 4.69) is 13.5 Å². The zero-order chi connectivity index (χ0) is 8.69. The lowest BCUT2D eigenvalue weighted by atomic mass is 10.1. The fourth-order valence-electron chi connectivity index (χ4n) is 0.926. The SMILES string of the molecule is C=C(C)C(=O)CCCCCC. The molecule has 0 radical (unpaired) electrons. The van der Waals surface area contributed by atoms with Gasteiger partial charge in [0.15, 0.2) is 5.78 Å². The molecule has 0 aliphatic carbocycles. The summed E-state index contributed by atoms with van der Waals surface area (Å²) in [6.45, 7) is 7.55. The number of carbonyl (C=O) groups excluding carboxylic acids is 1. The minimum absolute atomic E-state index is 0.223. The van der Waals surface area contributed by atoms with Crippen molar-refractivity contribution in [3.8, 4) is 0 Å². The number of hydrogen-bond donors (Lipinski definition) is 0. The first kappa shape index (κ1) is 10.4. The monoisotopic (exact) mass is 154 g/mol. The molecule has 0 aromatic rings. The summed E-state index contributed by atoms with van der Waals surface area (Å²) < 4.78 is 0. The van der Waals surface area contributed by atoms with Crippen molar-refractivity contribution in [3.63, 3.8) is 0 Å². The Hall–Kier alpha value is -0.590. The highest BCUT2D eigenvalue weighted by molar-refractivity contribution is 5.93. The Morgan fingerprint density at radius 2 is 1.91 bits per heavy atom. The first-order valence-electron chi connectivity index (χ1n) is 4.37. The topological polar surface area (TPSA) is 17.1 Å². The van der Waals surface area contributed by atoms with E-state index in [4.69, 9.17) is 0 Å². The van der Waals surface area contributed by atoms with Crippen molar-refractivity contribution in [1.82, 2.24) is 0 Å². The third-order valence-corrected chi connectivity index (χ3v) is 1.73. The number of allylic oxidation sites excluding steroid dienone is 1. The summed E-state index contributed by atoms with van der Waals surface area (Å²) in [4.78, 5) is 11.0. The molecular formula is C10H18O. The predicted molar refractivity (Wildman–Crippen MR) is 48.6 cm³/mol. The summed E-state index contributed by atoms with van der Waals surface area (Å²) in [5.74, 6) is 0.223. The minimum atomic E-state index is 0.223. The normalized spacial score (nSPS) is 9.64. The van der Waals surface area contributed by atoms with Crippen molar-refractivity contribution in [2.45, 2.75) is 46.0 Å². The largest absolute Gasteiger partial charge is 0.295 e. The van der Waals surface area contributed by atoms with Crippen LogP contribution in [0.5, 0.6) is 0 Å². The predicted octanol–water partition coefficient (Wildman–Crippen LogP) is 3.10. The fourth-order valence-corrected chi connectivity index (χ4v) is 0.926. The van der Waals surface area contributed by atoms with Crippen LogP contribution in [0.3, 0.4) is 0 Å². The van der Waals surface area contributed by atoms with E-state index in [1.54, 1.807) is 6.92 Å². The third-order valence-electron chi connectivity index (χ3n) is 1.73. The van der Waals surface area contributed by atoms with E-state index in [0.29, 0.717) is 12.0 Å². The summed E-state index contributed by atoms with van der Waals surface area (Å²) in [5.41, 5.74) is 0.696. The summed E-state index contributed by atoms with van der Waals surface area (Å²) in [6, 6.07) is 0. The van der Waals surface area contributed by atoms with Crippen LogP contribution >= 0.6 is 0 Å². The Labute approximate surface area is 69.5 Å². The van der Waals surface area contributed by atoms with Gasteiger partial charge in [-0.3, -0.25) is 4.79 Å². The minimum Gasteiger partial charge on any atom is -0.295 e. The maximum absolute atomic E-state index is 11.0. The Morgan fingerprint density at radius 1 is 1.27 bits per heavy atom.